The van der Waals surface area contributed by atoms with Gasteiger partial charge in [-0.15, -0.1) is 10.2 Å². The summed E-state index contributed by atoms with van der Waals surface area (Å²) in [4.78, 5) is 13.0. The summed E-state index contributed by atoms with van der Waals surface area (Å²) in [6.45, 7) is 0. The van der Waals surface area contributed by atoms with Crippen LogP contribution in [-0.2, 0) is 0 Å². The number of aromatic amines is 1. The molecule has 0 atom stereocenters. The van der Waals surface area contributed by atoms with Gasteiger partial charge in [-0.05, 0) is 36.3 Å². The van der Waals surface area contributed by atoms with Crippen LogP contribution >= 0.6 is 11.6 Å². The lowest BCUT2D eigenvalue weighted by molar-refractivity contribution is 0.533. The van der Waals surface area contributed by atoms with E-state index < -0.39 is 0 Å². The first-order valence-electron chi connectivity index (χ1n) is 7.44. The fraction of sp³-hybridized carbons (Fsp3) is 0.200. The highest BCUT2D eigenvalue weighted by molar-refractivity contribution is 6.35. The number of rotatable bonds is 3. The first-order chi connectivity index (χ1) is 11.8. The third-order valence-electron chi connectivity index (χ3n) is 3.93. The molecule has 0 saturated heterocycles. The predicted molar refractivity (Wildman–Crippen MR) is 85.2 cm³/mol. The summed E-state index contributed by atoms with van der Waals surface area (Å²) in [7, 11) is 0. The molecule has 0 unspecified atom stereocenters. The van der Waals surface area contributed by atoms with E-state index in [0.29, 0.717) is 33.7 Å². The molecule has 1 fully saturated rings. The standard InChI is InChI=1S/C15H10ClN7O/c16-9-3-8(4-11-13(9)24-15(19-11)7-1-2-7)10-5-12(18-6-17-10)14-20-22-23-21-14/h3-7H,1-2H2,(H,20,21,22,23). The van der Waals surface area contributed by atoms with E-state index in [2.05, 4.69) is 35.6 Å². The zero-order valence-electron chi connectivity index (χ0n) is 12.3. The van der Waals surface area contributed by atoms with Crippen LogP contribution in [0.1, 0.15) is 24.7 Å². The van der Waals surface area contributed by atoms with E-state index in [9.17, 15) is 0 Å². The lowest BCUT2D eigenvalue weighted by Gasteiger charge is -2.02. The minimum Gasteiger partial charge on any atom is -0.439 e. The highest BCUT2D eigenvalue weighted by Crippen LogP contribution is 2.42. The van der Waals surface area contributed by atoms with E-state index in [1.165, 1.54) is 6.33 Å². The van der Waals surface area contributed by atoms with Crippen LogP contribution < -0.4 is 0 Å². The van der Waals surface area contributed by atoms with Crippen molar-refractivity contribution < 1.29 is 4.42 Å². The predicted octanol–water partition coefficient (Wildman–Crippen LogP) is 3.00. The fourth-order valence-electron chi connectivity index (χ4n) is 2.57. The van der Waals surface area contributed by atoms with Gasteiger partial charge in [0, 0.05) is 11.5 Å². The average Bonchev–Trinajstić information content (AvgIpc) is 3.13. The Balaban J connectivity index is 1.62. The maximum absolute atomic E-state index is 6.37. The number of hydrogen-bond acceptors (Lipinski definition) is 7. The molecule has 24 heavy (non-hydrogen) atoms. The highest BCUT2D eigenvalue weighted by atomic mass is 35.5. The van der Waals surface area contributed by atoms with Crippen molar-refractivity contribution >= 4 is 22.7 Å². The summed E-state index contributed by atoms with van der Waals surface area (Å²) in [6.07, 6.45) is 3.70. The van der Waals surface area contributed by atoms with E-state index in [-0.39, 0.29) is 0 Å². The second kappa shape index (κ2) is 5.07. The molecule has 1 aliphatic carbocycles. The van der Waals surface area contributed by atoms with Gasteiger partial charge in [-0.25, -0.2) is 15.0 Å². The van der Waals surface area contributed by atoms with Crippen molar-refractivity contribution in [3.8, 4) is 22.8 Å². The second-order valence-electron chi connectivity index (χ2n) is 5.66. The van der Waals surface area contributed by atoms with Gasteiger partial charge in [0.1, 0.15) is 17.5 Å². The molecule has 0 radical (unpaired) electrons. The Labute approximate surface area is 140 Å². The van der Waals surface area contributed by atoms with E-state index in [1.807, 2.05) is 12.1 Å². The number of nitrogens with zero attached hydrogens (tertiary/aromatic N) is 6. The third kappa shape index (κ3) is 2.23. The van der Waals surface area contributed by atoms with Gasteiger partial charge in [-0.3, -0.25) is 0 Å². The molecule has 1 saturated carbocycles. The number of H-pyrrole nitrogens is 1. The summed E-state index contributed by atoms with van der Waals surface area (Å²) >= 11 is 6.37. The monoisotopic (exact) mass is 339 g/mol. The van der Waals surface area contributed by atoms with E-state index in [4.69, 9.17) is 16.0 Å². The van der Waals surface area contributed by atoms with Crippen LogP contribution in [0.4, 0.5) is 0 Å². The van der Waals surface area contributed by atoms with Crippen LogP contribution in [0.5, 0.6) is 0 Å². The average molecular weight is 340 g/mol. The van der Waals surface area contributed by atoms with Crippen molar-refractivity contribution in [1.82, 2.24) is 35.6 Å². The minimum atomic E-state index is 0.406. The summed E-state index contributed by atoms with van der Waals surface area (Å²) in [5.41, 5.74) is 3.46. The zero-order valence-corrected chi connectivity index (χ0v) is 13.0. The highest BCUT2D eigenvalue weighted by Gasteiger charge is 2.29. The number of aromatic nitrogens is 7. The number of nitrogens with one attached hydrogen (secondary N) is 1. The Bertz CT molecular complexity index is 1040. The van der Waals surface area contributed by atoms with Gasteiger partial charge >= 0.3 is 0 Å². The van der Waals surface area contributed by atoms with Crippen molar-refractivity contribution in [3.05, 3.63) is 35.4 Å². The van der Waals surface area contributed by atoms with Crippen molar-refractivity contribution in [2.24, 2.45) is 0 Å². The topological polar surface area (TPSA) is 106 Å². The largest absolute Gasteiger partial charge is 0.439 e. The van der Waals surface area contributed by atoms with E-state index >= 15 is 0 Å². The molecule has 1 aromatic carbocycles. The van der Waals surface area contributed by atoms with Crippen LogP contribution in [0.15, 0.2) is 28.9 Å². The van der Waals surface area contributed by atoms with Crippen molar-refractivity contribution in [3.63, 3.8) is 0 Å². The first kappa shape index (κ1) is 13.6. The molecule has 0 aliphatic heterocycles. The summed E-state index contributed by atoms with van der Waals surface area (Å²) in [5, 5.41) is 14.3. The molecular weight excluding hydrogens is 330 g/mol. The molecule has 0 bridgehead atoms. The first-order valence-corrected chi connectivity index (χ1v) is 7.82. The Morgan fingerprint density at radius 3 is 2.79 bits per heavy atom. The van der Waals surface area contributed by atoms with E-state index in [0.717, 1.165) is 29.8 Å². The zero-order chi connectivity index (χ0) is 16.1. The molecule has 5 rings (SSSR count). The number of oxazole rings is 1. The molecule has 9 heteroatoms. The normalized spacial score (nSPS) is 14.4. The van der Waals surface area contributed by atoms with Crippen LogP contribution in [0.3, 0.4) is 0 Å². The molecule has 118 valence electrons. The maximum atomic E-state index is 6.37. The SMILES string of the molecule is Clc1cc(-c2cc(-c3nn[nH]n3)ncn2)cc2nc(C3CC3)oc12. The van der Waals surface area contributed by atoms with Gasteiger partial charge in [0.25, 0.3) is 0 Å². The molecule has 0 spiro atoms. The molecule has 8 nitrogen and oxygen atoms in total. The molecule has 1 N–H and O–H groups in total. The lowest BCUT2D eigenvalue weighted by Crippen LogP contribution is -1.91. The Hall–Kier alpha value is -2.87. The van der Waals surface area contributed by atoms with Gasteiger partial charge < -0.3 is 4.42 Å². The van der Waals surface area contributed by atoms with Crippen molar-refractivity contribution in [1.29, 1.82) is 0 Å². The van der Waals surface area contributed by atoms with Gasteiger partial charge in [-0.1, -0.05) is 11.6 Å². The van der Waals surface area contributed by atoms with Gasteiger partial charge in [-0.2, -0.15) is 5.21 Å². The lowest BCUT2D eigenvalue weighted by atomic mass is 10.1. The third-order valence-corrected chi connectivity index (χ3v) is 4.21. The van der Waals surface area contributed by atoms with Crippen LogP contribution in [0.2, 0.25) is 5.02 Å². The number of tetrazole rings is 1. The summed E-state index contributed by atoms with van der Waals surface area (Å²) in [6, 6.07) is 5.51. The molecule has 0 amide bonds. The van der Waals surface area contributed by atoms with Crippen LogP contribution in [0, 0.1) is 0 Å². The van der Waals surface area contributed by atoms with Gasteiger partial charge in [0.05, 0.1) is 10.7 Å². The van der Waals surface area contributed by atoms with Crippen LogP contribution in [-0.4, -0.2) is 35.6 Å². The molecular formula is C15H10ClN7O. The smallest absolute Gasteiger partial charge is 0.223 e. The van der Waals surface area contributed by atoms with E-state index in [1.54, 1.807) is 6.07 Å². The minimum absolute atomic E-state index is 0.406. The number of hydrogen-bond donors (Lipinski definition) is 1. The van der Waals surface area contributed by atoms with Crippen molar-refractivity contribution in [2.75, 3.05) is 0 Å². The van der Waals surface area contributed by atoms with Gasteiger partial charge in [0.15, 0.2) is 11.5 Å². The molecule has 4 aromatic rings. The Kier molecular flexibility index (Phi) is 2.86. The fourth-order valence-corrected chi connectivity index (χ4v) is 2.82. The molecule has 1 aliphatic rings. The summed E-state index contributed by atoms with van der Waals surface area (Å²) in [5.74, 6) is 1.60. The van der Waals surface area contributed by atoms with Crippen molar-refractivity contribution in [2.45, 2.75) is 18.8 Å². The molecule has 3 heterocycles. The quantitative estimate of drug-likeness (QED) is 0.611. The number of benzene rings is 1. The number of halogens is 1. The summed E-state index contributed by atoms with van der Waals surface area (Å²) < 4.78 is 5.79. The second-order valence-corrected chi connectivity index (χ2v) is 6.06. The van der Waals surface area contributed by atoms with Gasteiger partial charge in [0.2, 0.25) is 5.82 Å². The molecule has 3 aromatic heterocycles. The number of fused-ring (bicyclic) bond motifs is 1. The van der Waals surface area contributed by atoms with Crippen LogP contribution in [0.25, 0.3) is 33.9 Å². The maximum Gasteiger partial charge on any atom is 0.223 e. The Morgan fingerprint density at radius 2 is 2.00 bits per heavy atom. The Morgan fingerprint density at radius 1 is 1.12 bits per heavy atom.